The third-order valence-corrected chi connectivity index (χ3v) is 3.20. The molecule has 1 fully saturated rings. The van der Waals surface area contributed by atoms with E-state index in [1.807, 2.05) is 11.8 Å². The number of nitrogens with zero attached hydrogens (tertiary/aromatic N) is 2. The van der Waals surface area contributed by atoms with Crippen molar-refractivity contribution in [2.45, 2.75) is 6.92 Å². The minimum atomic E-state index is -0.961. The van der Waals surface area contributed by atoms with Crippen LogP contribution in [0.15, 0.2) is 0 Å². The van der Waals surface area contributed by atoms with Crippen LogP contribution < -0.4 is 0 Å². The molecule has 5 nitrogen and oxygen atoms in total. The number of aliphatic carboxylic acids is 1. The Morgan fingerprint density at radius 2 is 2.00 bits per heavy atom. The zero-order chi connectivity index (χ0) is 11.3. The van der Waals surface area contributed by atoms with E-state index in [9.17, 15) is 9.59 Å². The molecule has 1 heterocycles. The lowest BCUT2D eigenvalue weighted by atomic mass is 10.4. The predicted molar refractivity (Wildman–Crippen MR) is 59.2 cm³/mol. The Balaban J connectivity index is 2.50. The van der Waals surface area contributed by atoms with E-state index >= 15 is 0 Å². The molecule has 1 N–H and O–H groups in total. The molecule has 0 unspecified atom stereocenters. The smallest absolute Gasteiger partial charge is 0.323 e. The first-order valence-corrected chi connectivity index (χ1v) is 6.14. The Kier molecular flexibility index (Phi) is 4.74. The molecule has 0 radical (unpaired) electrons. The first kappa shape index (κ1) is 12.2. The van der Waals surface area contributed by atoms with Gasteiger partial charge in [-0.25, -0.2) is 4.79 Å². The van der Waals surface area contributed by atoms with Crippen molar-refractivity contribution in [2.75, 3.05) is 37.7 Å². The number of carbonyl (C=O) groups is 2. The van der Waals surface area contributed by atoms with E-state index in [0.29, 0.717) is 6.54 Å². The van der Waals surface area contributed by atoms with E-state index in [1.54, 1.807) is 11.8 Å². The van der Waals surface area contributed by atoms with Gasteiger partial charge in [-0.2, -0.15) is 11.8 Å². The molecule has 0 bridgehead atoms. The lowest BCUT2D eigenvalue weighted by Crippen LogP contribution is -2.48. The molecular formula is C9H16N2O3S. The zero-order valence-electron chi connectivity index (χ0n) is 8.81. The van der Waals surface area contributed by atoms with E-state index in [2.05, 4.69) is 0 Å². The lowest BCUT2D eigenvalue weighted by molar-refractivity contribution is -0.137. The van der Waals surface area contributed by atoms with E-state index in [-0.39, 0.29) is 12.6 Å². The fourth-order valence-corrected chi connectivity index (χ4v) is 2.34. The van der Waals surface area contributed by atoms with Crippen LogP contribution in [0.2, 0.25) is 0 Å². The van der Waals surface area contributed by atoms with Crippen molar-refractivity contribution in [2.24, 2.45) is 0 Å². The summed E-state index contributed by atoms with van der Waals surface area (Å²) < 4.78 is 0. The second-order valence-electron chi connectivity index (χ2n) is 3.29. The minimum Gasteiger partial charge on any atom is -0.480 e. The van der Waals surface area contributed by atoms with Crippen molar-refractivity contribution in [3.8, 4) is 0 Å². The van der Waals surface area contributed by atoms with E-state index in [0.717, 1.165) is 24.6 Å². The fraction of sp³-hybridized carbons (Fsp3) is 0.778. The van der Waals surface area contributed by atoms with Crippen molar-refractivity contribution in [3.63, 3.8) is 0 Å². The fourth-order valence-electron chi connectivity index (χ4n) is 1.43. The Morgan fingerprint density at radius 3 is 2.47 bits per heavy atom. The van der Waals surface area contributed by atoms with Gasteiger partial charge in [-0.1, -0.05) is 0 Å². The van der Waals surface area contributed by atoms with Crippen LogP contribution in [-0.2, 0) is 4.79 Å². The van der Waals surface area contributed by atoms with Crippen LogP contribution >= 0.6 is 11.8 Å². The molecule has 1 aliphatic heterocycles. The van der Waals surface area contributed by atoms with Gasteiger partial charge < -0.3 is 14.9 Å². The molecule has 0 aliphatic carbocycles. The molecule has 0 saturated carbocycles. The number of rotatable bonds is 3. The summed E-state index contributed by atoms with van der Waals surface area (Å²) >= 11 is 1.82. The highest BCUT2D eigenvalue weighted by molar-refractivity contribution is 7.99. The van der Waals surface area contributed by atoms with Gasteiger partial charge in [-0.15, -0.1) is 0 Å². The highest BCUT2D eigenvalue weighted by Crippen LogP contribution is 2.11. The maximum absolute atomic E-state index is 11.8. The van der Waals surface area contributed by atoms with Gasteiger partial charge in [0.25, 0.3) is 0 Å². The molecule has 0 aromatic carbocycles. The van der Waals surface area contributed by atoms with E-state index in [4.69, 9.17) is 5.11 Å². The summed E-state index contributed by atoms with van der Waals surface area (Å²) in [7, 11) is 0. The number of carboxylic acids is 1. The number of likely N-dealkylation sites (N-methyl/N-ethyl adjacent to an activating group) is 1. The van der Waals surface area contributed by atoms with Crippen LogP contribution in [0, 0.1) is 0 Å². The monoisotopic (exact) mass is 232 g/mol. The number of thioether (sulfide) groups is 1. The van der Waals surface area contributed by atoms with Gasteiger partial charge in [0, 0.05) is 31.1 Å². The topological polar surface area (TPSA) is 60.9 Å². The van der Waals surface area contributed by atoms with Crippen LogP contribution in [0.5, 0.6) is 0 Å². The van der Waals surface area contributed by atoms with Crippen LogP contribution in [0.1, 0.15) is 6.92 Å². The Labute approximate surface area is 93.4 Å². The Hall–Kier alpha value is -0.910. The van der Waals surface area contributed by atoms with Gasteiger partial charge in [0.05, 0.1) is 0 Å². The summed E-state index contributed by atoms with van der Waals surface area (Å²) in [6.07, 6.45) is 0. The van der Waals surface area contributed by atoms with Crippen molar-refractivity contribution >= 4 is 23.8 Å². The summed E-state index contributed by atoms with van der Waals surface area (Å²) in [5.41, 5.74) is 0. The van der Waals surface area contributed by atoms with Crippen molar-refractivity contribution < 1.29 is 14.7 Å². The third-order valence-electron chi connectivity index (χ3n) is 2.26. The Morgan fingerprint density at radius 1 is 1.40 bits per heavy atom. The molecule has 0 spiro atoms. The van der Waals surface area contributed by atoms with Crippen LogP contribution in [0.3, 0.4) is 0 Å². The molecule has 1 aliphatic rings. The second kappa shape index (κ2) is 5.85. The molecule has 2 amide bonds. The molecular weight excluding hydrogens is 216 g/mol. The normalized spacial score (nSPS) is 16.2. The van der Waals surface area contributed by atoms with Gasteiger partial charge in [0.1, 0.15) is 6.54 Å². The van der Waals surface area contributed by atoms with Crippen molar-refractivity contribution in [1.29, 1.82) is 0 Å². The number of amides is 2. The summed E-state index contributed by atoms with van der Waals surface area (Å²) in [6, 6.07) is -0.153. The van der Waals surface area contributed by atoms with Gasteiger partial charge in [0.15, 0.2) is 0 Å². The molecule has 0 atom stereocenters. The molecule has 0 aromatic heterocycles. The first-order chi connectivity index (χ1) is 7.15. The van der Waals surface area contributed by atoms with Gasteiger partial charge in [0.2, 0.25) is 0 Å². The summed E-state index contributed by atoms with van der Waals surface area (Å²) in [5.74, 6) is 0.920. The first-order valence-electron chi connectivity index (χ1n) is 4.98. The second-order valence-corrected chi connectivity index (χ2v) is 4.51. The highest BCUT2D eigenvalue weighted by atomic mass is 32.2. The maximum Gasteiger partial charge on any atom is 0.323 e. The average Bonchev–Trinajstić information content (AvgIpc) is 2.26. The quantitative estimate of drug-likeness (QED) is 0.772. The van der Waals surface area contributed by atoms with Gasteiger partial charge in [-0.3, -0.25) is 4.79 Å². The van der Waals surface area contributed by atoms with Crippen LogP contribution in [0.4, 0.5) is 4.79 Å². The van der Waals surface area contributed by atoms with Crippen molar-refractivity contribution in [3.05, 3.63) is 0 Å². The number of hydrogen-bond acceptors (Lipinski definition) is 3. The van der Waals surface area contributed by atoms with Crippen molar-refractivity contribution in [1.82, 2.24) is 9.80 Å². The number of carboxylic acid groups (broad SMARTS) is 1. The third kappa shape index (κ3) is 3.62. The highest BCUT2D eigenvalue weighted by Gasteiger charge is 2.22. The molecule has 86 valence electrons. The SMILES string of the molecule is CCN(CC(=O)O)C(=O)N1CCSCC1. The molecule has 6 heteroatoms. The molecule has 1 rings (SSSR count). The largest absolute Gasteiger partial charge is 0.480 e. The van der Waals surface area contributed by atoms with Crippen LogP contribution in [-0.4, -0.2) is 64.6 Å². The lowest BCUT2D eigenvalue weighted by Gasteiger charge is -2.31. The number of urea groups is 1. The predicted octanol–water partition coefficient (Wildman–Crippen LogP) is 0.562. The maximum atomic E-state index is 11.8. The molecule has 0 aromatic rings. The standard InChI is InChI=1S/C9H16N2O3S/c1-2-10(7-8(12)13)9(14)11-3-5-15-6-4-11/h2-7H2,1H3,(H,12,13). The van der Waals surface area contributed by atoms with Gasteiger partial charge in [-0.05, 0) is 6.92 Å². The zero-order valence-corrected chi connectivity index (χ0v) is 9.63. The molecule has 15 heavy (non-hydrogen) atoms. The minimum absolute atomic E-state index is 0.153. The van der Waals surface area contributed by atoms with E-state index in [1.165, 1.54) is 4.90 Å². The molecule has 1 saturated heterocycles. The van der Waals surface area contributed by atoms with Gasteiger partial charge >= 0.3 is 12.0 Å². The summed E-state index contributed by atoms with van der Waals surface area (Å²) in [4.78, 5) is 25.5. The van der Waals surface area contributed by atoms with E-state index < -0.39 is 5.97 Å². The Bertz CT molecular complexity index is 242. The number of hydrogen-bond donors (Lipinski definition) is 1. The average molecular weight is 232 g/mol. The van der Waals surface area contributed by atoms with Crippen LogP contribution in [0.25, 0.3) is 0 Å². The summed E-state index contributed by atoms with van der Waals surface area (Å²) in [5, 5.41) is 8.65. The number of carbonyl (C=O) groups excluding carboxylic acids is 1. The summed E-state index contributed by atoms with van der Waals surface area (Å²) in [6.45, 7) is 3.46.